The number of nitro groups is 1. The number of esters is 2. The van der Waals surface area contributed by atoms with E-state index in [-0.39, 0.29) is 48.5 Å². The number of nitrogens with one attached hydrogen (secondary N) is 1. The molecule has 0 bridgehead atoms. The summed E-state index contributed by atoms with van der Waals surface area (Å²) in [5.74, 6) is -2.49. The van der Waals surface area contributed by atoms with E-state index in [0.29, 0.717) is 11.4 Å². The highest BCUT2D eigenvalue weighted by Gasteiger charge is 2.42. The normalized spacial score (nSPS) is 16.1. The van der Waals surface area contributed by atoms with Gasteiger partial charge in [0.1, 0.15) is 0 Å². The van der Waals surface area contributed by atoms with Crippen LogP contribution in [0.1, 0.15) is 56.8 Å². The van der Waals surface area contributed by atoms with E-state index in [9.17, 15) is 24.8 Å². The molecule has 1 aliphatic rings. The Morgan fingerprint density at radius 3 is 2.29 bits per heavy atom. The number of carbonyl (C=O) groups excluding carboxylic acids is 2. The maximum Gasteiger partial charge on any atom is 0.336 e. The van der Waals surface area contributed by atoms with Gasteiger partial charge in [0.2, 0.25) is 0 Å². The molecule has 0 spiro atoms. The summed E-state index contributed by atoms with van der Waals surface area (Å²) in [5, 5.41) is 26.0. The lowest BCUT2D eigenvalue weighted by Gasteiger charge is -2.32. The van der Waals surface area contributed by atoms with Crippen molar-refractivity contribution in [3.63, 3.8) is 0 Å². The zero-order valence-corrected chi connectivity index (χ0v) is 22.7. The number of carbonyl (C=O) groups is 2. The number of ether oxygens (including phenoxy) is 2. The molecule has 0 fully saturated rings. The second-order valence-corrected chi connectivity index (χ2v) is 9.46. The molecular formula is C28H32N2O7S. The average Bonchev–Trinajstić information content (AvgIpc) is 2.91. The number of rotatable bonds is 11. The molecule has 0 saturated carbocycles. The number of hydrogen-bond acceptors (Lipinski definition) is 9. The maximum atomic E-state index is 13.4. The number of nitrogens with zero attached hydrogens (tertiary/aromatic N) is 1. The number of aliphatic hydroxyl groups is 1. The van der Waals surface area contributed by atoms with Gasteiger partial charge in [-0.25, -0.2) is 9.59 Å². The van der Waals surface area contributed by atoms with Crippen molar-refractivity contribution in [1.82, 2.24) is 5.32 Å². The van der Waals surface area contributed by atoms with Gasteiger partial charge in [0, 0.05) is 27.9 Å². The molecule has 0 amide bonds. The van der Waals surface area contributed by atoms with Gasteiger partial charge in [-0.2, -0.15) is 0 Å². The summed E-state index contributed by atoms with van der Waals surface area (Å²) in [4.78, 5) is 38.9. The number of benzene rings is 2. The number of hydrogen-bond donors (Lipinski definition) is 2. The fraction of sp³-hybridized carbons (Fsp3) is 0.357. The van der Waals surface area contributed by atoms with Gasteiger partial charge in [0.05, 0.1) is 41.3 Å². The molecular weight excluding hydrogens is 508 g/mol. The smallest absolute Gasteiger partial charge is 0.336 e. The van der Waals surface area contributed by atoms with Crippen LogP contribution in [0.3, 0.4) is 0 Å². The highest BCUT2D eigenvalue weighted by molar-refractivity contribution is 7.98. The fourth-order valence-electron chi connectivity index (χ4n) is 4.51. The monoisotopic (exact) mass is 540 g/mol. The second-order valence-electron chi connectivity index (χ2n) is 8.58. The molecule has 2 N–H and O–H groups in total. The van der Waals surface area contributed by atoms with Gasteiger partial charge in [0.15, 0.2) is 0 Å². The Morgan fingerprint density at radius 2 is 1.71 bits per heavy atom. The predicted octanol–water partition coefficient (Wildman–Crippen LogP) is 5.17. The van der Waals surface area contributed by atoms with Gasteiger partial charge >= 0.3 is 11.9 Å². The van der Waals surface area contributed by atoms with Crippen molar-refractivity contribution in [2.24, 2.45) is 0 Å². The minimum absolute atomic E-state index is 0.0688. The van der Waals surface area contributed by atoms with Crippen LogP contribution in [-0.4, -0.2) is 41.4 Å². The molecule has 1 aliphatic heterocycles. The third-order valence-corrected chi connectivity index (χ3v) is 6.96. The van der Waals surface area contributed by atoms with Crippen molar-refractivity contribution < 1.29 is 29.1 Å². The van der Waals surface area contributed by atoms with E-state index < -0.39 is 28.9 Å². The minimum atomic E-state index is -1.11. The molecule has 38 heavy (non-hydrogen) atoms. The Kier molecular flexibility index (Phi) is 10.1. The van der Waals surface area contributed by atoms with Crippen molar-refractivity contribution in [3.8, 4) is 0 Å². The third kappa shape index (κ3) is 6.43. The minimum Gasteiger partial charge on any atom is -0.463 e. The molecule has 9 nitrogen and oxygen atoms in total. The lowest BCUT2D eigenvalue weighted by atomic mass is 9.78. The van der Waals surface area contributed by atoms with Gasteiger partial charge in [-0.3, -0.25) is 10.1 Å². The Bertz CT molecular complexity index is 1260. The van der Waals surface area contributed by atoms with E-state index in [1.165, 1.54) is 17.8 Å². The second kappa shape index (κ2) is 13.3. The molecule has 2 unspecified atom stereocenters. The van der Waals surface area contributed by atoms with E-state index >= 15 is 0 Å². The van der Waals surface area contributed by atoms with Crippen molar-refractivity contribution in [1.29, 1.82) is 0 Å². The average molecular weight is 541 g/mol. The lowest BCUT2D eigenvalue weighted by Crippen LogP contribution is -2.34. The summed E-state index contributed by atoms with van der Waals surface area (Å²) >= 11 is 1.38. The predicted molar refractivity (Wildman–Crippen MR) is 144 cm³/mol. The molecule has 10 heteroatoms. The van der Waals surface area contributed by atoms with Crippen LogP contribution in [0.5, 0.6) is 0 Å². The van der Waals surface area contributed by atoms with Gasteiger partial charge in [0.25, 0.3) is 5.69 Å². The Balaban J connectivity index is 2.22. The molecule has 2 aromatic carbocycles. The number of dihydropyridines is 1. The molecule has 0 radical (unpaired) electrons. The first kappa shape index (κ1) is 28.9. The highest BCUT2D eigenvalue weighted by Crippen LogP contribution is 2.44. The van der Waals surface area contributed by atoms with E-state index in [4.69, 9.17) is 9.47 Å². The van der Waals surface area contributed by atoms with E-state index in [1.54, 1.807) is 32.9 Å². The standard InChI is InChI=1S/C28H32N2O7S/c1-5-36-27(32)24-17(3)29-21(13-15-23(31)18-10-8-7-9-11-18)26(28(33)37-6-2)25(24)20-16-19(38-4)12-14-22(20)30(34)35/h7-12,14,16,23,25,29,31H,5-6,13,15H2,1-4H3. The van der Waals surface area contributed by atoms with Crippen LogP contribution >= 0.6 is 11.8 Å². The molecule has 1 heterocycles. The molecule has 0 aliphatic carbocycles. The lowest BCUT2D eigenvalue weighted by molar-refractivity contribution is -0.385. The molecule has 2 atom stereocenters. The summed E-state index contributed by atoms with van der Waals surface area (Å²) < 4.78 is 10.7. The zero-order valence-electron chi connectivity index (χ0n) is 21.9. The van der Waals surface area contributed by atoms with Crippen molar-refractivity contribution in [2.75, 3.05) is 19.5 Å². The largest absolute Gasteiger partial charge is 0.463 e. The molecule has 202 valence electrons. The molecule has 2 aromatic rings. The van der Waals surface area contributed by atoms with E-state index in [2.05, 4.69) is 5.32 Å². The van der Waals surface area contributed by atoms with Crippen LogP contribution in [-0.2, 0) is 19.1 Å². The summed E-state index contributed by atoms with van der Waals surface area (Å²) in [6.07, 6.45) is 1.51. The van der Waals surface area contributed by atoms with Gasteiger partial charge < -0.3 is 19.9 Å². The first-order valence-corrected chi connectivity index (χ1v) is 13.6. The van der Waals surface area contributed by atoms with Crippen LogP contribution in [0, 0.1) is 10.1 Å². The summed E-state index contributed by atoms with van der Waals surface area (Å²) in [6, 6.07) is 13.8. The summed E-state index contributed by atoms with van der Waals surface area (Å²) in [7, 11) is 0. The van der Waals surface area contributed by atoms with Crippen LogP contribution < -0.4 is 5.32 Å². The van der Waals surface area contributed by atoms with Gasteiger partial charge in [-0.05, 0) is 57.6 Å². The van der Waals surface area contributed by atoms with Gasteiger partial charge in [-0.1, -0.05) is 30.3 Å². The van der Waals surface area contributed by atoms with E-state index in [1.807, 2.05) is 36.6 Å². The zero-order chi connectivity index (χ0) is 27.8. The fourth-order valence-corrected chi connectivity index (χ4v) is 4.96. The van der Waals surface area contributed by atoms with E-state index in [0.717, 1.165) is 10.5 Å². The summed E-state index contributed by atoms with van der Waals surface area (Å²) in [6.45, 7) is 5.14. The van der Waals surface area contributed by atoms with Crippen molar-refractivity contribution in [2.45, 2.75) is 50.5 Å². The SMILES string of the molecule is CCOC(=O)C1=C(C)NC(CCC(O)c2ccccc2)=C(C(=O)OCC)C1c1cc(SC)ccc1[N+](=O)[O-]. The topological polar surface area (TPSA) is 128 Å². The van der Waals surface area contributed by atoms with Crippen LogP contribution in [0.25, 0.3) is 0 Å². The maximum absolute atomic E-state index is 13.4. The Hall–Kier alpha value is -3.63. The molecule has 0 saturated heterocycles. The molecule has 0 aromatic heterocycles. The summed E-state index contributed by atoms with van der Waals surface area (Å²) in [5.41, 5.74) is 1.71. The third-order valence-electron chi connectivity index (χ3n) is 6.23. The van der Waals surface area contributed by atoms with Crippen molar-refractivity contribution in [3.05, 3.63) is 92.3 Å². The molecule has 3 rings (SSSR count). The number of aliphatic hydroxyl groups excluding tert-OH is 1. The first-order chi connectivity index (χ1) is 18.2. The highest BCUT2D eigenvalue weighted by atomic mass is 32.2. The van der Waals surface area contributed by atoms with Crippen LogP contribution in [0.4, 0.5) is 5.69 Å². The van der Waals surface area contributed by atoms with Crippen LogP contribution in [0.15, 0.2) is 76.0 Å². The number of allylic oxidation sites excluding steroid dienone is 2. The van der Waals surface area contributed by atoms with Crippen molar-refractivity contribution >= 4 is 29.4 Å². The Morgan fingerprint density at radius 1 is 1.08 bits per heavy atom. The first-order valence-electron chi connectivity index (χ1n) is 12.3. The quantitative estimate of drug-likeness (QED) is 0.172. The Labute approximate surface area is 226 Å². The van der Waals surface area contributed by atoms with Gasteiger partial charge in [-0.15, -0.1) is 11.8 Å². The van der Waals surface area contributed by atoms with Crippen LogP contribution in [0.2, 0.25) is 0 Å². The number of nitro benzene ring substituents is 1. The number of thioether (sulfide) groups is 1.